The molecule has 0 unspecified atom stereocenters. The van der Waals surface area contributed by atoms with Crippen LogP contribution in [0.1, 0.15) is 50.8 Å². The fourth-order valence-corrected chi connectivity index (χ4v) is 4.69. The van der Waals surface area contributed by atoms with E-state index in [2.05, 4.69) is 6.07 Å². The molecule has 2 N–H and O–H groups in total. The molecule has 2 heterocycles. The van der Waals surface area contributed by atoms with Gasteiger partial charge in [-0.1, -0.05) is 24.3 Å². The Kier molecular flexibility index (Phi) is 8.28. The minimum atomic E-state index is -0.565. The minimum absolute atomic E-state index is 0.0683. The van der Waals surface area contributed by atoms with Gasteiger partial charge in [-0.25, -0.2) is 13.9 Å². The molecule has 2 aromatic carbocycles. The smallest absolute Gasteiger partial charge is 0.410 e. The molecule has 3 aromatic rings. The standard InChI is InChI=1S/C29H33FN6O4/c1-29(2,3)40-28(38)34-13-11-22(12-14-34)36-27(32)23(16-31)26(33-36)20-7-5-19(6-8-20)17-35(18-37)24-15-21(30)9-10-25(24)39-4/h5-10,15,18,22H,11-14,17,32H2,1-4H3. The summed E-state index contributed by atoms with van der Waals surface area (Å²) in [6.45, 7) is 6.67. The number of nitrogen functional groups attached to an aromatic ring is 1. The Labute approximate surface area is 232 Å². The van der Waals surface area contributed by atoms with Gasteiger partial charge in [0.05, 0.1) is 25.4 Å². The van der Waals surface area contributed by atoms with E-state index in [0.29, 0.717) is 55.0 Å². The van der Waals surface area contributed by atoms with Crippen LogP contribution in [0.25, 0.3) is 11.3 Å². The maximum Gasteiger partial charge on any atom is 0.410 e. The lowest BCUT2D eigenvalue weighted by molar-refractivity contribution is -0.107. The average Bonchev–Trinajstić information content (AvgIpc) is 3.27. The van der Waals surface area contributed by atoms with E-state index < -0.39 is 11.4 Å². The summed E-state index contributed by atoms with van der Waals surface area (Å²) in [6.07, 6.45) is 1.52. The van der Waals surface area contributed by atoms with Crippen molar-refractivity contribution in [2.45, 2.75) is 51.8 Å². The molecule has 10 nitrogen and oxygen atoms in total. The summed E-state index contributed by atoms with van der Waals surface area (Å²) in [6, 6.07) is 13.3. The molecule has 210 valence electrons. The van der Waals surface area contributed by atoms with E-state index in [1.54, 1.807) is 21.7 Å². The fourth-order valence-electron chi connectivity index (χ4n) is 4.69. The van der Waals surface area contributed by atoms with Gasteiger partial charge in [0.2, 0.25) is 6.41 Å². The number of hydrogen-bond donors (Lipinski definition) is 1. The summed E-state index contributed by atoms with van der Waals surface area (Å²) in [5.41, 5.74) is 8.33. The summed E-state index contributed by atoms with van der Waals surface area (Å²) >= 11 is 0. The molecular formula is C29H33FN6O4. The zero-order valence-electron chi connectivity index (χ0n) is 23.1. The molecule has 0 radical (unpaired) electrons. The number of hydrogen-bond acceptors (Lipinski definition) is 7. The highest BCUT2D eigenvalue weighted by Gasteiger charge is 2.30. The predicted octanol–water partition coefficient (Wildman–Crippen LogP) is 4.89. The number of nitriles is 1. The number of halogens is 1. The Balaban J connectivity index is 1.50. The van der Waals surface area contributed by atoms with Crippen LogP contribution in [0, 0.1) is 17.1 Å². The predicted molar refractivity (Wildman–Crippen MR) is 148 cm³/mol. The van der Waals surface area contributed by atoms with Gasteiger partial charge in [0, 0.05) is 24.7 Å². The van der Waals surface area contributed by atoms with Gasteiger partial charge in [0.25, 0.3) is 0 Å². The highest BCUT2D eigenvalue weighted by atomic mass is 19.1. The highest BCUT2D eigenvalue weighted by Crippen LogP contribution is 2.33. The highest BCUT2D eigenvalue weighted by molar-refractivity contribution is 5.79. The molecule has 4 rings (SSSR count). The second kappa shape index (κ2) is 11.7. The Morgan fingerprint density at radius 2 is 1.90 bits per heavy atom. The van der Waals surface area contributed by atoms with Crippen LogP contribution >= 0.6 is 0 Å². The summed E-state index contributed by atoms with van der Waals surface area (Å²) in [5, 5.41) is 14.6. The third kappa shape index (κ3) is 6.17. The number of benzene rings is 2. The normalized spacial score (nSPS) is 13.9. The van der Waals surface area contributed by atoms with Crippen molar-refractivity contribution in [1.82, 2.24) is 14.7 Å². The van der Waals surface area contributed by atoms with E-state index in [1.807, 2.05) is 32.9 Å². The van der Waals surface area contributed by atoms with Crippen LogP contribution in [0.4, 0.5) is 20.7 Å². The van der Waals surface area contributed by atoms with Gasteiger partial charge in [0.15, 0.2) is 0 Å². The van der Waals surface area contributed by atoms with E-state index in [1.165, 1.54) is 30.2 Å². The Morgan fingerprint density at radius 1 is 1.23 bits per heavy atom. The van der Waals surface area contributed by atoms with Gasteiger partial charge in [-0.05, 0) is 51.3 Å². The Morgan fingerprint density at radius 3 is 2.48 bits per heavy atom. The van der Waals surface area contributed by atoms with Crippen molar-refractivity contribution in [1.29, 1.82) is 5.26 Å². The van der Waals surface area contributed by atoms with E-state index in [4.69, 9.17) is 20.3 Å². The first-order chi connectivity index (χ1) is 19.0. The third-order valence-corrected chi connectivity index (χ3v) is 6.68. The van der Waals surface area contributed by atoms with Crippen LogP contribution < -0.4 is 15.4 Å². The van der Waals surface area contributed by atoms with Crippen LogP contribution in [0.15, 0.2) is 42.5 Å². The first kappa shape index (κ1) is 28.4. The van der Waals surface area contributed by atoms with Crippen molar-refractivity contribution in [3.05, 3.63) is 59.4 Å². The number of anilines is 2. The summed E-state index contributed by atoms with van der Waals surface area (Å²) in [4.78, 5) is 27.3. The second-order valence-corrected chi connectivity index (χ2v) is 10.6. The average molecular weight is 549 g/mol. The summed E-state index contributed by atoms with van der Waals surface area (Å²) in [7, 11) is 1.45. The van der Waals surface area contributed by atoms with Crippen LogP contribution in [0.2, 0.25) is 0 Å². The molecule has 0 bridgehead atoms. The molecule has 0 saturated carbocycles. The molecule has 1 aliphatic rings. The number of amides is 2. The van der Waals surface area contributed by atoms with Gasteiger partial charge in [0.1, 0.15) is 40.3 Å². The van der Waals surface area contributed by atoms with E-state index in [0.717, 1.165) is 5.56 Å². The summed E-state index contributed by atoms with van der Waals surface area (Å²) < 4.78 is 26.3. The number of rotatable bonds is 7. The molecule has 1 aromatic heterocycles. The maximum absolute atomic E-state index is 13.8. The van der Waals surface area contributed by atoms with Crippen LogP contribution in [0.3, 0.4) is 0 Å². The van der Waals surface area contributed by atoms with E-state index in [9.17, 15) is 19.2 Å². The number of piperidine rings is 1. The molecule has 11 heteroatoms. The molecule has 1 aliphatic heterocycles. The van der Waals surface area contributed by atoms with Gasteiger partial charge >= 0.3 is 6.09 Å². The first-order valence-corrected chi connectivity index (χ1v) is 13.0. The van der Waals surface area contributed by atoms with Crippen molar-refractivity contribution >= 4 is 24.0 Å². The zero-order valence-corrected chi connectivity index (χ0v) is 23.1. The minimum Gasteiger partial charge on any atom is -0.495 e. The van der Waals surface area contributed by atoms with Gasteiger partial charge < -0.3 is 25.0 Å². The number of nitrogens with zero attached hydrogens (tertiary/aromatic N) is 5. The number of likely N-dealkylation sites (tertiary alicyclic amines) is 1. The lowest BCUT2D eigenvalue weighted by Gasteiger charge is -2.33. The van der Waals surface area contributed by atoms with E-state index in [-0.39, 0.29) is 30.1 Å². The SMILES string of the molecule is COc1ccc(F)cc1N(C=O)Cc1ccc(-c2nn(C3CCN(C(=O)OC(C)(C)C)CC3)c(N)c2C#N)cc1. The molecular weight excluding hydrogens is 515 g/mol. The first-order valence-electron chi connectivity index (χ1n) is 13.0. The number of carbonyl (C=O) groups is 2. The van der Waals surface area contributed by atoms with Crippen molar-refractivity contribution < 1.29 is 23.5 Å². The van der Waals surface area contributed by atoms with Crippen molar-refractivity contribution in [2.24, 2.45) is 0 Å². The number of aromatic nitrogens is 2. The molecule has 0 spiro atoms. The molecule has 1 fully saturated rings. The molecule has 40 heavy (non-hydrogen) atoms. The van der Waals surface area contributed by atoms with Gasteiger partial charge in [-0.3, -0.25) is 4.79 Å². The van der Waals surface area contributed by atoms with Crippen LogP contribution in [-0.4, -0.2) is 53.0 Å². The second-order valence-electron chi connectivity index (χ2n) is 10.6. The number of methoxy groups -OCH3 is 1. The molecule has 1 saturated heterocycles. The van der Waals surface area contributed by atoms with Crippen molar-refractivity contribution in [2.75, 3.05) is 30.8 Å². The Bertz CT molecular complexity index is 1420. The maximum atomic E-state index is 13.8. The van der Waals surface area contributed by atoms with Crippen LogP contribution in [0.5, 0.6) is 5.75 Å². The third-order valence-electron chi connectivity index (χ3n) is 6.68. The van der Waals surface area contributed by atoms with Crippen molar-refractivity contribution in [3.63, 3.8) is 0 Å². The number of carbonyl (C=O) groups excluding carboxylic acids is 2. The van der Waals surface area contributed by atoms with Gasteiger partial charge in [-0.2, -0.15) is 10.4 Å². The monoisotopic (exact) mass is 548 g/mol. The lowest BCUT2D eigenvalue weighted by atomic mass is 10.0. The van der Waals surface area contributed by atoms with E-state index >= 15 is 0 Å². The number of ether oxygens (including phenoxy) is 2. The molecule has 0 aliphatic carbocycles. The Hall–Kier alpha value is -4.59. The molecule has 2 amide bonds. The quantitative estimate of drug-likeness (QED) is 0.417. The van der Waals surface area contributed by atoms with Gasteiger partial charge in [-0.15, -0.1) is 0 Å². The molecule has 0 atom stereocenters. The number of nitrogens with two attached hydrogens (primary N) is 1. The van der Waals surface area contributed by atoms with Crippen LogP contribution in [-0.2, 0) is 16.1 Å². The largest absolute Gasteiger partial charge is 0.495 e. The fraction of sp³-hybridized carbons (Fsp3) is 0.379. The lowest BCUT2D eigenvalue weighted by Crippen LogP contribution is -2.42. The summed E-state index contributed by atoms with van der Waals surface area (Å²) in [5.74, 6) is 0.176. The topological polar surface area (TPSA) is 127 Å². The van der Waals surface area contributed by atoms with Crippen molar-refractivity contribution in [3.8, 4) is 23.1 Å². The zero-order chi connectivity index (χ0) is 29.0.